The molecule has 1 aromatic heterocycles. The van der Waals surface area contributed by atoms with Gasteiger partial charge in [-0.3, -0.25) is 0 Å². The average molecular weight is 309 g/mol. The van der Waals surface area contributed by atoms with E-state index in [1.54, 1.807) is 0 Å². The van der Waals surface area contributed by atoms with E-state index in [1.165, 1.54) is 11.1 Å². The summed E-state index contributed by atoms with van der Waals surface area (Å²) in [6, 6.07) is 14.5. The third-order valence-electron chi connectivity index (χ3n) is 3.66. The van der Waals surface area contributed by atoms with Crippen LogP contribution in [0, 0.1) is 11.3 Å². The first-order valence-corrected chi connectivity index (χ1v) is 8.22. The Hall–Kier alpha value is -2.41. The molecule has 2 aromatic rings. The van der Waals surface area contributed by atoms with Crippen LogP contribution in [0.3, 0.4) is 0 Å². The number of aromatic nitrogens is 2. The molecule has 0 unspecified atom stereocenters. The zero-order valence-electron chi connectivity index (χ0n) is 13.7. The second kappa shape index (κ2) is 9.58. The molecule has 0 saturated carbocycles. The third kappa shape index (κ3) is 6.07. The lowest BCUT2D eigenvalue weighted by Crippen LogP contribution is -2.02. The highest BCUT2D eigenvalue weighted by atomic mass is 16.5. The molecule has 4 heteroatoms. The van der Waals surface area contributed by atoms with E-state index in [4.69, 9.17) is 10.00 Å². The Labute approximate surface area is 138 Å². The van der Waals surface area contributed by atoms with Crippen molar-refractivity contribution in [3.63, 3.8) is 0 Å². The molecule has 120 valence electrons. The lowest BCUT2D eigenvalue weighted by atomic mass is 10.0. The molecule has 0 atom stereocenters. The van der Waals surface area contributed by atoms with Crippen molar-refractivity contribution >= 4 is 0 Å². The fourth-order valence-corrected chi connectivity index (χ4v) is 2.22. The molecule has 0 saturated heterocycles. The Bertz CT molecular complexity index is 615. The van der Waals surface area contributed by atoms with Gasteiger partial charge in [-0.15, -0.1) is 5.10 Å². The molecule has 0 aliphatic rings. The molecule has 0 spiro atoms. The lowest BCUT2D eigenvalue weighted by Gasteiger charge is -2.05. The summed E-state index contributed by atoms with van der Waals surface area (Å²) in [6.45, 7) is 2.83. The summed E-state index contributed by atoms with van der Waals surface area (Å²) in [5.74, 6) is 0.601. The monoisotopic (exact) mass is 309 g/mol. The molecule has 0 radical (unpaired) electrons. The highest BCUT2D eigenvalue weighted by Gasteiger charge is 2.01. The van der Waals surface area contributed by atoms with E-state index in [9.17, 15) is 0 Å². The molecule has 0 N–H and O–H groups in total. The predicted octanol–water partition coefficient (Wildman–Crippen LogP) is 3.90. The van der Waals surface area contributed by atoms with E-state index in [1.807, 2.05) is 12.1 Å². The van der Waals surface area contributed by atoms with Gasteiger partial charge in [-0.1, -0.05) is 37.6 Å². The molecular formula is C19H23N3O. The van der Waals surface area contributed by atoms with E-state index in [0.717, 1.165) is 37.8 Å². The van der Waals surface area contributed by atoms with Crippen molar-refractivity contribution in [1.29, 1.82) is 5.26 Å². The molecular weight excluding hydrogens is 286 g/mol. The minimum atomic E-state index is 0.571. The maximum absolute atomic E-state index is 8.60. The van der Waals surface area contributed by atoms with Gasteiger partial charge >= 0.3 is 0 Å². The Morgan fingerprint density at radius 1 is 0.957 bits per heavy atom. The van der Waals surface area contributed by atoms with Crippen molar-refractivity contribution in [3.05, 3.63) is 53.2 Å². The van der Waals surface area contributed by atoms with Crippen LogP contribution in [0.5, 0.6) is 5.88 Å². The second-order valence-corrected chi connectivity index (χ2v) is 5.54. The number of unbranched alkanes of at least 4 members (excludes halogenated alkanes) is 1. The zero-order valence-corrected chi connectivity index (χ0v) is 13.7. The lowest BCUT2D eigenvalue weighted by molar-refractivity contribution is 0.294. The van der Waals surface area contributed by atoms with Crippen molar-refractivity contribution in [1.82, 2.24) is 10.2 Å². The number of ether oxygens (including phenoxy) is 1. The Morgan fingerprint density at radius 3 is 2.30 bits per heavy atom. The molecule has 2 rings (SSSR count). The number of hydrogen-bond donors (Lipinski definition) is 0. The Kier molecular flexibility index (Phi) is 7.06. The molecule has 0 amide bonds. The predicted molar refractivity (Wildman–Crippen MR) is 90.2 cm³/mol. The van der Waals surface area contributed by atoms with E-state index in [0.29, 0.717) is 18.9 Å². The number of aryl methyl sites for hydroxylation is 3. The summed E-state index contributed by atoms with van der Waals surface area (Å²) in [5, 5.41) is 16.9. The summed E-state index contributed by atoms with van der Waals surface area (Å²) >= 11 is 0. The topological polar surface area (TPSA) is 58.8 Å². The van der Waals surface area contributed by atoms with Crippen molar-refractivity contribution < 1.29 is 4.74 Å². The number of benzene rings is 1. The summed E-state index contributed by atoms with van der Waals surface area (Å²) in [5.41, 5.74) is 3.46. The van der Waals surface area contributed by atoms with Gasteiger partial charge in [-0.2, -0.15) is 10.4 Å². The number of hydrogen-bond acceptors (Lipinski definition) is 4. The molecule has 4 nitrogen and oxygen atoms in total. The maximum atomic E-state index is 8.60. The highest BCUT2D eigenvalue weighted by molar-refractivity contribution is 5.24. The first kappa shape index (κ1) is 17.0. The van der Waals surface area contributed by atoms with Crippen LogP contribution in [0.2, 0.25) is 0 Å². The normalized spacial score (nSPS) is 10.3. The van der Waals surface area contributed by atoms with Gasteiger partial charge in [0, 0.05) is 12.5 Å². The van der Waals surface area contributed by atoms with E-state index < -0.39 is 0 Å². The Morgan fingerprint density at radius 2 is 1.70 bits per heavy atom. The minimum Gasteiger partial charge on any atom is -0.477 e. The first-order valence-electron chi connectivity index (χ1n) is 8.22. The van der Waals surface area contributed by atoms with Gasteiger partial charge in [0.15, 0.2) is 0 Å². The summed E-state index contributed by atoms with van der Waals surface area (Å²) < 4.78 is 5.51. The highest BCUT2D eigenvalue weighted by Crippen LogP contribution is 2.11. The zero-order chi connectivity index (χ0) is 16.3. The summed E-state index contributed by atoms with van der Waals surface area (Å²) in [7, 11) is 0. The molecule has 23 heavy (non-hydrogen) atoms. The SMILES string of the molecule is CCCCOc1ccc(CCc2ccc(CCC#N)cc2)nn1. The van der Waals surface area contributed by atoms with Crippen LogP contribution in [0.1, 0.15) is 43.0 Å². The van der Waals surface area contributed by atoms with Crippen LogP contribution in [0.25, 0.3) is 0 Å². The number of rotatable bonds is 9. The van der Waals surface area contributed by atoms with Gasteiger partial charge < -0.3 is 4.74 Å². The smallest absolute Gasteiger partial charge is 0.233 e. The fraction of sp³-hybridized carbons (Fsp3) is 0.421. The van der Waals surface area contributed by atoms with Crippen LogP contribution in [-0.2, 0) is 19.3 Å². The third-order valence-corrected chi connectivity index (χ3v) is 3.66. The molecule has 0 aliphatic heterocycles. The van der Waals surface area contributed by atoms with Gasteiger partial charge in [-0.25, -0.2) is 0 Å². The standard InChI is InChI=1S/C19H23N3O/c1-2-3-15-23-19-13-12-18(21-22-19)11-10-17-8-6-16(7-9-17)5-4-14-20/h6-9,12-13H,2-5,10-11,15H2,1H3. The summed E-state index contributed by atoms with van der Waals surface area (Å²) in [6.07, 6.45) is 5.33. The molecule has 1 heterocycles. The minimum absolute atomic E-state index is 0.571. The van der Waals surface area contributed by atoms with Gasteiger partial charge in [0.1, 0.15) is 0 Å². The van der Waals surface area contributed by atoms with Crippen LogP contribution >= 0.6 is 0 Å². The van der Waals surface area contributed by atoms with Crippen LogP contribution in [0.15, 0.2) is 36.4 Å². The van der Waals surface area contributed by atoms with Gasteiger partial charge in [0.2, 0.25) is 5.88 Å². The van der Waals surface area contributed by atoms with Crippen molar-refractivity contribution in [2.45, 2.75) is 45.4 Å². The molecule has 1 aromatic carbocycles. The van der Waals surface area contributed by atoms with Crippen LogP contribution in [0.4, 0.5) is 0 Å². The van der Waals surface area contributed by atoms with Crippen molar-refractivity contribution in [2.75, 3.05) is 6.61 Å². The largest absolute Gasteiger partial charge is 0.477 e. The van der Waals surface area contributed by atoms with Crippen LogP contribution < -0.4 is 4.74 Å². The maximum Gasteiger partial charge on any atom is 0.233 e. The molecule has 0 aliphatic carbocycles. The van der Waals surface area contributed by atoms with Gasteiger partial charge in [0.05, 0.1) is 18.4 Å². The van der Waals surface area contributed by atoms with E-state index >= 15 is 0 Å². The average Bonchev–Trinajstić information content (AvgIpc) is 2.60. The summed E-state index contributed by atoms with van der Waals surface area (Å²) in [4.78, 5) is 0. The first-order chi connectivity index (χ1) is 11.3. The quantitative estimate of drug-likeness (QED) is 0.659. The van der Waals surface area contributed by atoms with E-state index in [2.05, 4.69) is 47.5 Å². The van der Waals surface area contributed by atoms with E-state index in [-0.39, 0.29) is 0 Å². The second-order valence-electron chi connectivity index (χ2n) is 5.54. The molecule has 0 fully saturated rings. The molecule has 0 bridgehead atoms. The van der Waals surface area contributed by atoms with Gasteiger partial charge in [0.25, 0.3) is 0 Å². The van der Waals surface area contributed by atoms with Gasteiger partial charge in [-0.05, 0) is 42.9 Å². The number of nitriles is 1. The fourth-order valence-electron chi connectivity index (χ4n) is 2.22. The van der Waals surface area contributed by atoms with Crippen molar-refractivity contribution in [2.24, 2.45) is 0 Å². The number of nitrogens with zero attached hydrogens (tertiary/aromatic N) is 3. The van der Waals surface area contributed by atoms with Crippen LogP contribution in [-0.4, -0.2) is 16.8 Å². The van der Waals surface area contributed by atoms with Crippen molar-refractivity contribution in [3.8, 4) is 11.9 Å². The Balaban J connectivity index is 1.80.